The highest BCUT2D eigenvalue weighted by Crippen LogP contribution is 2.28. The first-order valence-corrected chi connectivity index (χ1v) is 6.96. The summed E-state index contributed by atoms with van der Waals surface area (Å²) in [5.41, 5.74) is 1.05. The number of halogens is 1. The minimum Gasteiger partial charge on any atom is -0.489 e. The molecular weight excluding hydrogens is 248 g/mol. The van der Waals surface area contributed by atoms with Gasteiger partial charge in [0.2, 0.25) is 0 Å². The Kier molecular flexibility index (Phi) is 4.72. The van der Waals surface area contributed by atoms with E-state index in [4.69, 9.17) is 16.3 Å². The molecule has 0 radical (unpaired) electrons. The fourth-order valence-electron chi connectivity index (χ4n) is 2.13. The van der Waals surface area contributed by atoms with E-state index >= 15 is 0 Å². The van der Waals surface area contributed by atoms with E-state index in [0.717, 1.165) is 24.5 Å². The van der Waals surface area contributed by atoms with Crippen LogP contribution in [0.5, 0.6) is 5.75 Å². The summed E-state index contributed by atoms with van der Waals surface area (Å²) < 4.78 is 5.61. The normalized spacial score (nSPS) is 19.2. The van der Waals surface area contributed by atoms with Crippen LogP contribution in [0.1, 0.15) is 26.7 Å². The molecule has 0 spiro atoms. The number of ether oxygens (including phenoxy) is 1. The van der Waals surface area contributed by atoms with Gasteiger partial charge >= 0.3 is 0 Å². The van der Waals surface area contributed by atoms with E-state index in [1.807, 2.05) is 32.0 Å². The molecule has 0 aliphatic carbocycles. The van der Waals surface area contributed by atoms with Crippen molar-refractivity contribution in [1.82, 2.24) is 5.32 Å². The number of hydrogen-bond acceptors (Lipinski definition) is 3. The largest absolute Gasteiger partial charge is 0.489 e. The molecule has 1 aromatic rings. The highest BCUT2D eigenvalue weighted by molar-refractivity contribution is 6.32. The Morgan fingerprint density at radius 2 is 2.33 bits per heavy atom. The van der Waals surface area contributed by atoms with Crippen molar-refractivity contribution >= 4 is 17.3 Å². The van der Waals surface area contributed by atoms with Gasteiger partial charge in [-0.15, -0.1) is 0 Å². The van der Waals surface area contributed by atoms with E-state index in [0.29, 0.717) is 11.1 Å². The van der Waals surface area contributed by atoms with Crippen molar-refractivity contribution in [1.29, 1.82) is 0 Å². The SMILES string of the molecule is CC(C)Oc1ccc(NCC2CCCN2)cc1Cl. The number of rotatable bonds is 5. The third-order valence-corrected chi connectivity index (χ3v) is 3.30. The van der Waals surface area contributed by atoms with Gasteiger partial charge in [0, 0.05) is 18.3 Å². The molecule has 0 bridgehead atoms. The molecular formula is C14H21ClN2O. The lowest BCUT2D eigenvalue weighted by Crippen LogP contribution is -2.29. The number of hydrogen-bond donors (Lipinski definition) is 2. The van der Waals surface area contributed by atoms with Crippen LogP contribution in [0, 0.1) is 0 Å². The van der Waals surface area contributed by atoms with E-state index in [-0.39, 0.29) is 6.10 Å². The highest BCUT2D eigenvalue weighted by Gasteiger charge is 2.13. The molecule has 2 rings (SSSR count). The van der Waals surface area contributed by atoms with E-state index in [2.05, 4.69) is 10.6 Å². The van der Waals surface area contributed by atoms with Crippen LogP contribution in [0.25, 0.3) is 0 Å². The zero-order chi connectivity index (χ0) is 13.0. The average Bonchev–Trinajstić information content (AvgIpc) is 2.82. The Bertz CT molecular complexity index is 389. The standard InChI is InChI=1S/C14H21ClN2O/c1-10(2)18-14-6-5-11(8-13(14)15)17-9-12-4-3-7-16-12/h5-6,8,10,12,16-17H,3-4,7,9H2,1-2H3. The molecule has 1 atom stereocenters. The van der Waals surface area contributed by atoms with Crippen LogP contribution in [0.2, 0.25) is 5.02 Å². The fourth-order valence-corrected chi connectivity index (χ4v) is 2.36. The molecule has 1 fully saturated rings. The van der Waals surface area contributed by atoms with Gasteiger partial charge in [-0.1, -0.05) is 11.6 Å². The topological polar surface area (TPSA) is 33.3 Å². The molecule has 0 saturated carbocycles. The lowest BCUT2D eigenvalue weighted by molar-refractivity contribution is 0.242. The van der Waals surface area contributed by atoms with E-state index in [9.17, 15) is 0 Å². The molecule has 1 heterocycles. The molecule has 1 aromatic carbocycles. The number of anilines is 1. The smallest absolute Gasteiger partial charge is 0.138 e. The van der Waals surface area contributed by atoms with Crippen LogP contribution in [-0.4, -0.2) is 25.2 Å². The van der Waals surface area contributed by atoms with Gasteiger partial charge in [-0.3, -0.25) is 0 Å². The number of nitrogens with one attached hydrogen (secondary N) is 2. The zero-order valence-corrected chi connectivity index (χ0v) is 11.8. The number of benzene rings is 1. The minimum absolute atomic E-state index is 0.143. The Labute approximate surface area is 114 Å². The molecule has 0 amide bonds. The van der Waals surface area contributed by atoms with Gasteiger partial charge in [-0.25, -0.2) is 0 Å². The van der Waals surface area contributed by atoms with Crippen molar-refractivity contribution in [2.75, 3.05) is 18.4 Å². The van der Waals surface area contributed by atoms with Crippen molar-refractivity contribution in [2.45, 2.75) is 38.8 Å². The molecule has 3 nitrogen and oxygen atoms in total. The first kappa shape index (κ1) is 13.5. The monoisotopic (exact) mass is 268 g/mol. The molecule has 100 valence electrons. The third kappa shape index (κ3) is 3.79. The summed E-state index contributed by atoms with van der Waals surface area (Å²) in [4.78, 5) is 0. The Morgan fingerprint density at radius 1 is 1.50 bits per heavy atom. The third-order valence-electron chi connectivity index (χ3n) is 3.01. The van der Waals surface area contributed by atoms with E-state index < -0.39 is 0 Å². The van der Waals surface area contributed by atoms with Crippen LogP contribution in [-0.2, 0) is 0 Å². The molecule has 0 aromatic heterocycles. The summed E-state index contributed by atoms with van der Waals surface area (Å²) in [6, 6.07) is 6.44. The summed E-state index contributed by atoms with van der Waals surface area (Å²) in [6.07, 6.45) is 2.66. The summed E-state index contributed by atoms with van der Waals surface area (Å²) in [5.74, 6) is 0.746. The van der Waals surface area contributed by atoms with Gasteiger partial charge in [-0.05, 0) is 51.4 Å². The summed E-state index contributed by atoms with van der Waals surface area (Å²) in [7, 11) is 0. The minimum atomic E-state index is 0.143. The highest BCUT2D eigenvalue weighted by atomic mass is 35.5. The van der Waals surface area contributed by atoms with Crippen molar-refractivity contribution < 1.29 is 4.74 Å². The van der Waals surface area contributed by atoms with Gasteiger partial charge in [0.05, 0.1) is 11.1 Å². The van der Waals surface area contributed by atoms with Crippen LogP contribution in [0.15, 0.2) is 18.2 Å². The molecule has 2 N–H and O–H groups in total. The summed E-state index contributed by atoms with van der Waals surface area (Å²) in [6.45, 7) is 6.07. The Morgan fingerprint density at radius 3 is 2.94 bits per heavy atom. The first-order chi connectivity index (χ1) is 8.65. The van der Waals surface area contributed by atoms with Crippen molar-refractivity contribution in [3.8, 4) is 5.75 Å². The maximum atomic E-state index is 6.19. The predicted octanol–water partition coefficient (Wildman–Crippen LogP) is 3.29. The van der Waals surface area contributed by atoms with Gasteiger partial charge in [0.15, 0.2) is 0 Å². The molecule has 1 unspecified atom stereocenters. The predicted molar refractivity (Wildman–Crippen MR) is 76.7 cm³/mol. The van der Waals surface area contributed by atoms with Crippen molar-refractivity contribution in [3.63, 3.8) is 0 Å². The fraction of sp³-hybridized carbons (Fsp3) is 0.571. The molecule has 1 saturated heterocycles. The molecule has 1 aliphatic rings. The van der Waals surface area contributed by atoms with Crippen LogP contribution in [0.4, 0.5) is 5.69 Å². The summed E-state index contributed by atoms with van der Waals surface area (Å²) >= 11 is 6.19. The van der Waals surface area contributed by atoms with Crippen LogP contribution >= 0.6 is 11.6 Å². The average molecular weight is 269 g/mol. The van der Waals surface area contributed by atoms with Crippen molar-refractivity contribution in [3.05, 3.63) is 23.2 Å². The maximum absolute atomic E-state index is 6.19. The molecule has 4 heteroatoms. The molecule has 1 aliphatic heterocycles. The molecule has 18 heavy (non-hydrogen) atoms. The maximum Gasteiger partial charge on any atom is 0.138 e. The van der Waals surface area contributed by atoms with Gasteiger partial charge in [0.25, 0.3) is 0 Å². The lowest BCUT2D eigenvalue weighted by atomic mass is 10.2. The lowest BCUT2D eigenvalue weighted by Gasteiger charge is -2.15. The second-order valence-corrected chi connectivity index (χ2v) is 5.39. The van der Waals surface area contributed by atoms with E-state index in [1.54, 1.807) is 0 Å². The quantitative estimate of drug-likeness (QED) is 0.860. The van der Waals surface area contributed by atoms with Crippen LogP contribution in [0.3, 0.4) is 0 Å². The Balaban J connectivity index is 1.91. The van der Waals surface area contributed by atoms with Gasteiger partial charge in [0.1, 0.15) is 5.75 Å². The zero-order valence-electron chi connectivity index (χ0n) is 11.0. The van der Waals surface area contributed by atoms with E-state index in [1.165, 1.54) is 12.8 Å². The summed E-state index contributed by atoms with van der Waals surface area (Å²) in [5, 5.41) is 7.52. The second-order valence-electron chi connectivity index (χ2n) is 4.99. The first-order valence-electron chi connectivity index (χ1n) is 6.58. The van der Waals surface area contributed by atoms with Crippen molar-refractivity contribution in [2.24, 2.45) is 0 Å². The van der Waals surface area contributed by atoms with Gasteiger partial charge < -0.3 is 15.4 Å². The second kappa shape index (κ2) is 6.30. The van der Waals surface area contributed by atoms with Crippen LogP contribution < -0.4 is 15.4 Å². The van der Waals surface area contributed by atoms with Gasteiger partial charge in [-0.2, -0.15) is 0 Å². The Hall–Kier alpha value is -0.930.